The Hall–Kier alpha value is -1.29. The van der Waals surface area contributed by atoms with Gasteiger partial charge in [0.05, 0.1) is 6.10 Å². The highest BCUT2D eigenvalue weighted by atomic mass is 16.3. The number of hydrogen-bond donors (Lipinski definition) is 3. The van der Waals surface area contributed by atoms with Crippen molar-refractivity contribution in [1.29, 1.82) is 0 Å². The van der Waals surface area contributed by atoms with E-state index in [-0.39, 0.29) is 17.4 Å². The fraction of sp³-hybridized carbons (Fsp3) is 0.500. The number of nitrogens with one attached hydrogen (secondary N) is 1. The molecule has 14 heavy (non-hydrogen) atoms. The van der Waals surface area contributed by atoms with Gasteiger partial charge in [-0.3, -0.25) is 9.78 Å². The highest BCUT2D eigenvalue weighted by molar-refractivity contribution is 5.34. The third-order valence-corrected chi connectivity index (χ3v) is 2.53. The SMILES string of the molecule is Cc1c([C@@H](C)[C@@H](C)O)cc(=O)[nH]c1O. The lowest BCUT2D eigenvalue weighted by atomic mass is 9.93. The zero-order chi connectivity index (χ0) is 10.9. The quantitative estimate of drug-likeness (QED) is 0.658. The van der Waals surface area contributed by atoms with Crippen LogP contribution >= 0.6 is 0 Å². The lowest BCUT2D eigenvalue weighted by Gasteiger charge is -2.17. The highest BCUT2D eigenvalue weighted by Crippen LogP contribution is 2.24. The second-order valence-corrected chi connectivity index (χ2v) is 3.59. The number of aliphatic hydroxyl groups is 1. The average molecular weight is 197 g/mol. The molecule has 0 aliphatic rings. The molecule has 0 bridgehead atoms. The minimum atomic E-state index is -0.546. The molecular weight excluding hydrogens is 182 g/mol. The summed E-state index contributed by atoms with van der Waals surface area (Å²) >= 11 is 0. The molecule has 2 atom stereocenters. The van der Waals surface area contributed by atoms with E-state index in [9.17, 15) is 15.0 Å². The van der Waals surface area contributed by atoms with Gasteiger partial charge in [0.15, 0.2) is 5.88 Å². The van der Waals surface area contributed by atoms with Crippen molar-refractivity contribution in [3.8, 4) is 5.88 Å². The van der Waals surface area contributed by atoms with Crippen molar-refractivity contribution in [3.63, 3.8) is 0 Å². The van der Waals surface area contributed by atoms with Crippen LogP contribution in [0.3, 0.4) is 0 Å². The van der Waals surface area contributed by atoms with Crippen LogP contribution < -0.4 is 5.56 Å². The van der Waals surface area contributed by atoms with Gasteiger partial charge in [0, 0.05) is 17.5 Å². The molecule has 0 spiro atoms. The molecule has 1 aromatic heterocycles. The molecule has 1 aromatic rings. The third kappa shape index (κ3) is 1.96. The van der Waals surface area contributed by atoms with Crippen molar-refractivity contribution in [2.75, 3.05) is 0 Å². The largest absolute Gasteiger partial charge is 0.494 e. The molecule has 78 valence electrons. The number of rotatable bonds is 2. The molecule has 0 amide bonds. The van der Waals surface area contributed by atoms with Crippen LogP contribution in [0, 0.1) is 6.92 Å². The van der Waals surface area contributed by atoms with E-state index >= 15 is 0 Å². The summed E-state index contributed by atoms with van der Waals surface area (Å²) in [6, 6.07) is 1.41. The Bertz CT molecular complexity index is 381. The zero-order valence-electron chi connectivity index (χ0n) is 8.53. The van der Waals surface area contributed by atoms with Gasteiger partial charge in [0.25, 0.3) is 5.56 Å². The van der Waals surface area contributed by atoms with Crippen LogP contribution in [-0.4, -0.2) is 21.3 Å². The number of hydrogen-bond acceptors (Lipinski definition) is 3. The molecule has 0 unspecified atom stereocenters. The molecule has 0 saturated carbocycles. The van der Waals surface area contributed by atoms with Crippen LogP contribution in [0.4, 0.5) is 0 Å². The van der Waals surface area contributed by atoms with Gasteiger partial charge < -0.3 is 10.2 Å². The zero-order valence-corrected chi connectivity index (χ0v) is 8.53. The maximum absolute atomic E-state index is 11.1. The van der Waals surface area contributed by atoms with Gasteiger partial charge in [-0.2, -0.15) is 0 Å². The van der Waals surface area contributed by atoms with E-state index in [0.717, 1.165) is 0 Å². The number of pyridine rings is 1. The summed E-state index contributed by atoms with van der Waals surface area (Å²) in [5, 5.41) is 18.8. The van der Waals surface area contributed by atoms with Crippen LogP contribution in [0.1, 0.15) is 30.9 Å². The maximum atomic E-state index is 11.1. The van der Waals surface area contributed by atoms with Crippen LogP contribution in [0.15, 0.2) is 10.9 Å². The molecule has 4 heteroatoms. The Morgan fingerprint density at radius 2 is 2.00 bits per heavy atom. The van der Waals surface area contributed by atoms with E-state index in [1.165, 1.54) is 6.07 Å². The lowest BCUT2D eigenvalue weighted by Crippen LogP contribution is -2.16. The Morgan fingerprint density at radius 1 is 1.43 bits per heavy atom. The summed E-state index contributed by atoms with van der Waals surface area (Å²) in [4.78, 5) is 13.4. The second kappa shape index (κ2) is 3.84. The van der Waals surface area contributed by atoms with Crippen molar-refractivity contribution in [2.45, 2.75) is 32.8 Å². The van der Waals surface area contributed by atoms with Crippen LogP contribution in [0.25, 0.3) is 0 Å². The molecule has 0 radical (unpaired) electrons. The second-order valence-electron chi connectivity index (χ2n) is 3.59. The van der Waals surface area contributed by atoms with Crippen molar-refractivity contribution >= 4 is 0 Å². The van der Waals surface area contributed by atoms with E-state index in [1.807, 2.05) is 6.92 Å². The molecule has 0 aliphatic heterocycles. The van der Waals surface area contributed by atoms with E-state index in [0.29, 0.717) is 11.1 Å². The molecular formula is C10H15NO3. The Balaban J connectivity index is 3.27. The molecule has 0 fully saturated rings. The van der Waals surface area contributed by atoms with Gasteiger partial charge in [-0.15, -0.1) is 0 Å². The number of aromatic amines is 1. The van der Waals surface area contributed by atoms with E-state index < -0.39 is 6.10 Å². The summed E-state index contributed by atoms with van der Waals surface area (Å²) in [7, 11) is 0. The summed E-state index contributed by atoms with van der Waals surface area (Å²) in [6.07, 6.45) is -0.546. The number of aromatic hydroxyl groups is 1. The Labute approximate surface area is 82.2 Å². The Morgan fingerprint density at radius 3 is 2.50 bits per heavy atom. The monoisotopic (exact) mass is 197 g/mol. The summed E-state index contributed by atoms with van der Waals surface area (Å²) in [5.41, 5.74) is 0.940. The fourth-order valence-corrected chi connectivity index (χ4v) is 1.37. The maximum Gasteiger partial charge on any atom is 0.250 e. The predicted molar refractivity (Wildman–Crippen MR) is 53.6 cm³/mol. The topological polar surface area (TPSA) is 73.3 Å². The first kappa shape index (κ1) is 10.8. The Kier molecular flexibility index (Phi) is 2.96. The van der Waals surface area contributed by atoms with Gasteiger partial charge in [-0.1, -0.05) is 6.92 Å². The van der Waals surface area contributed by atoms with Crippen molar-refractivity contribution in [3.05, 3.63) is 27.5 Å². The minimum absolute atomic E-state index is 0.125. The molecule has 3 N–H and O–H groups in total. The normalized spacial score (nSPS) is 15.1. The summed E-state index contributed by atoms with van der Waals surface area (Å²) in [5.74, 6) is -0.289. The first-order chi connectivity index (χ1) is 6.43. The van der Waals surface area contributed by atoms with Crippen molar-refractivity contribution < 1.29 is 10.2 Å². The lowest BCUT2D eigenvalue weighted by molar-refractivity contribution is 0.168. The molecule has 1 heterocycles. The summed E-state index contributed by atoms with van der Waals surface area (Å²) in [6.45, 7) is 5.17. The van der Waals surface area contributed by atoms with E-state index in [2.05, 4.69) is 4.98 Å². The first-order valence-electron chi connectivity index (χ1n) is 4.54. The van der Waals surface area contributed by atoms with Crippen LogP contribution in [0.2, 0.25) is 0 Å². The van der Waals surface area contributed by atoms with E-state index in [1.54, 1.807) is 13.8 Å². The fourth-order valence-electron chi connectivity index (χ4n) is 1.37. The van der Waals surface area contributed by atoms with Gasteiger partial charge in [-0.05, 0) is 19.4 Å². The highest BCUT2D eigenvalue weighted by Gasteiger charge is 2.16. The minimum Gasteiger partial charge on any atom is -0.494 e. The van der Waals surface area contributed by atoms with Crippen molar-refractivity contribution in [1.82, 2.24) is 4.98 Å². The first-order valence-corrected chi connectivity index (χ1v) is 4.54. The molecule has 4 nitrogen and oxygen atoms in total. The standard InChI is InChI=1S/C10H15NO3/c1-5(7(3)12)8-4-9(13)11-10(14)6(8)2/h4-5,7,12H,1-3H3,(H2,11,13,14)/t5-,7+/m0/s1. The molecule has 1 rings (SSSR count). The van der Waals surface area contributed by atoms with Crippen LogP contribution in [-0.2, 0) is 0 Å². The molecule has 0 saturated heterocycles. The van der Waals surface area contributed by atoms with Gasteiger partial charge in [0.2, 0.25) is 0 Å². The average Bonchev–Trinajstić information content (AvgIpc) is 2.09. The molecule has 0 aromatic carbocycles. The van der Waals surface area contributed by atoms with Gasteiger partial charge in [-0.25, -0.2) is 0 Å². The van der Waals surface area contributed by atoms with E-state index in [4.69, 9.17) is 0 Å². The van der Waals surface area contributed by atoms with Crippen molar-refractivity contribution in [2.24, 2.45) is 0 Å². The number of aliphatic hydroxyl groups excluding tert-OH is 1. The smallest absolute Gasteiger partial charge is 0.250 e. The number of H-pyrrole nitrogens is 1. The predicted octanol–water partition coefficient (Wildman–Crippen LogP) is 0.873. The van der Waals surface area contributed by atoms with Gasteiger partial charge in [0.1, 0.15) is 0 Å². The summed E-state index contributed by atoms with van der Waals surface area (Å²) < 4.78 is 0. The number of aromatic nitrogens is 1. The molecule has 0 aliphatic carbocycles. The van der Waals surface area contributed by atoms with Gasteiger partial charge >= 0.3 is 0 Å². The van der Waals surface area contributed by atoms with Crippen LogP contribution in [0.5, 0.6) is 5.88 Å². The third-order valence-electron chi connectivity index (χ3n) is 2.53.